The third kappa shape index (κ3) is 4.26. The van der Waals surface area contributed by atoms with Gasteiger partial charge in [-0.05, 0) is 30.2 Å². The maximum absolute atomic E-state index is 13.4. The molecular weight excluding hydrogens is 436 g/mol. The molecule has 2 aromatic carbocycles. The second-order valence-corrected chi connectivity index (χ2v) is 8.22. The van der Waals surface area contributed by atoms with Crippen LogP contribution in [0.1, 0.15) is 22.3 Å². The first-order valence-corrected chi connectivity index (χ1v) is 10.4. The maximum Gasteiger partial charge on any atom is 0.251 e. The molecule has 2 saturated heterocycles. The number of fused-ring (bicyclic) bond motifs is 1. The van der Waals surface area contributed by atoms with E-state index in [1.165, 1.54) is 0 Å². The van der Waals surface area contributed by atoms with Gasteiger partial charge in [-0.2, -0.15) is 0 Å². The number of nitrogens with zero attached hydrogens (tertiary/aromatic N) is 1. The monoisotopic (exact) mass is 456 g/mol. The molecule has 4 rings (SSSR count). The Labute approximate surface area is 177 Å². The first-order chi connectivity index (χ1) is 14.0. The molecule has 2 fully saturated rings. The SMILES string of the molecule is O=C(NC(Cc1ccccc1)C(=O)N1CCC2OCC(=O)C21)c1cccc(Br)c1. The van der Waals surface area contributed by atoms with E-state index in [4.69, 9.17) is 4.74 Å². The van der Waals surface area contributed by atoms with Gasteiger partial charge in [-0.1, -0.05) is 52.3 Å². The fourth-order valence-corrected chi connectivity index (χ4v) is 4.36. The minimum atomic E-state index is -0.768. The molecule has 2 aliphatic rings. The van der Waals surface area contributed by atoms with Crippen molar-refractivity contribution in [1.82, 2.24) is 10.2 Å². The number of hydrogen-bond acceptors (Lipinski definition) is 4. The fourth-order valence-electron chi connectivity index (χ4n) is 3.96. The summed E-state index contributed by atoms with van der Waals surface area (Å²) in [6.45, 7) is 0.505. The Kier molecular flexibility index (Phi) is 5.78. The molecule has 29 heavy (non-hydrogen) atoms. The van der Waals surface area contributed by atoms with Crippen LogP contribution in [0.5, 0.6) is 0 Å². The Morgan fingerprint density at radius 1 is 1.17 bits per heavy atom. The summed E-state index contributed by atoms with van der Waals surface area (Å²) in [5.41, 5.74) is 1.40. The molecule has 0 radical (unpaired) electrons. The van der Waals surface area contributed by atoms with Crippen molar-refractivity contribution in [2.75, 3.05) is 13.2 Å². The summed E-state index contributed by atoms with van der Waals surface area (Å²) in [6.07, 6.45) is 0.756. The van der Waals surface area contributed by atoms with Gasteiger partial charge in [0.25, 0.3) is 5.91 Å². The second kappa shape index (κ2) is 8.47. The predicted molar refractivity (Wildman–Crippen MR) is 110 cm³/mol. The van der Waals surface area contributed by atoms with Gasteiger partial charge in [0.15, 0.2) is 5.78 Å². The zero-order valence-electron chi connectivity index (χ0n) is 15.7. The van der Waals surface area contributed by atoms with E-state index >= 15 is 0 Å². The van der Waals surface area contributed by atoms with Gasteiger partial charge in [-0.3, -0.25) is 14.4 Å². The number of hydrogen-bond donors (Lipinski definition) is 1. The van der Waals surface area contributed by atoms with Crippen molar-refractivity contribution in [3.8, 4) is 0 Å². The summed E-state index contributed by atoms with van der Waals surface area (Å²) in [5.74, 6) is -0.647. The van der Waals surface area contributed by atoms with E-state index < -0.39 is 12.1 Å². The van der Waals surface area contributed by atoms with Crippen molar-refractivity contribution in [3.05, 3.63) is 70.2 Å². The van der Waals surface area contributed by atoms with Crippen LogP contribution in [0.2, 0.25) is 0 Å². The Morgan fingerprint density at radius 2 is 1.97 bits per heavy atom. The summed E-state index contributed by atoms with van der Waals surface area (Å²) in [6, 6.07) is 15.2. The predicted octanol–water partition coefficient (Wildman–Crippen LogP) is 2.36. The minimum absolute atomic E-state index is 0.0485. The van der Waals surface area contributed by atoms with Gasteiger partial charge in [0.2, 0.25) is 5.91 Å². The summed E-state index contributed by atoms with van der Waals surface area (Å²) in [5, 5.41) is 2.88. The van der Waals surface area contributed by atoms with Crippen LogP contribution in [0.4, 0.5) is 0 Å². The first-order valence-electron chi connectivity index (χ1n) is 9.58. The molecule has 7 heteroatoms. The summed E-state index contributed by atoms with van der Waals surface area (Å²) in [4.78, 5) is 40.0. The molecule has 2 aromatic rings. The number of ketones is 1. The summed E-state index contributed by atoms with van der Waals surface area (Å²) in [7, 11) is 0. The number of rotatable bonds is 5. The highest BCUT2D eigenvalue weighted by atomic mass is 79.9. The number of ether oxygens (including phenoxy) is 1. The van der Waals surface area contributed by atoms with Crippen molar-refractivity contribution in [3.63, 3.8) is 0 Å². The van der Waals surface area contributed by atoms with Crippen molar-refractivity contribution >= 4 is 33.5 Å². The number of carbonyl (C=O) groups is 3. The highest BCUT2D eigenvalue weighted by Crippen LogP contribution is 2.28. The van der Waals surface area contributed by atoms with E-state index in [0.29, 0.717) is 24.9 Å². The molecule has 2 aliphatic heterocycles. The summed E-state index contributed by atoms with van der Waals surface area (Å²) >= 11 is 3.36. The number of amides is 2. The maximum atomic E-state index is 13.4. The molecule has 0 saturated carbocycles. The van der Waals surface area contributed by atoms with E-state index in [2.05, 4.69) is 21.2 Å². The van der Waals surface area contributed by atoms with E-state index in [1.807, 2.05) is 36.4 Å². The number of nitrogens with one attached hydrogen (secondary N) is 1. The topological polar surface area (TPSA) is 75.7 Å². The number of carbonyl (C=O) groups excluding carboxylic acids is 3. The third-order valence-electron chi connectivity index (χ3n) is 5.37. The van der Waals surface area contributed by atoms with Gasteiger partial charge in [-0.25, -0.2) is 0 Å². The number of likely N-dealkylation sites (tertiary alicyclic amines) is 1. The Balaban J connectivity index is 1.57. The molecular formula is C22H21BrN2O4. The molecule has 1 N–H and O–H groups in total. The zero-order valence-corrected chi connectivity index (χ0v) is 17.3. The highest BCUT2D eigenvalue weighted by Gasteiger charge is 2.48. The standard InChI is InChI=1S/C22H21BrN2O4/c23-16-8-4-7-15(12-16)21(27)24-17(11-14-5-2-1-3-6-14)22(28)25-10-9-19-20(25)18(26)13-29-19/h1-8,12,17,19-20H,9-11,13H2,(H,24,27). The van der Waals surface area contributed by atoms with Crippen molar-refractivity contribution in [1.29, 1.82) is 0 Å². The van der Waals surface area contributed by atoms with Gasteiger partial charge in [-0.15, -0.1) is 0 Å². The van der Waals surface area contributed by atoms with Crippen LogP contribution in [0.3, 0.4) is 0 Å². The largest absolute Gasteiger partial charge is 0.368 e. The second-order valence-electron chi connectivity index (χ2n) is 7.31. The normalized spacial score (nSPS) is 21.7. The van der Waals surface area contributed by atoms with Crippen LogP contribution in [0.25, 0.3) is 0 Å². The molecule has 2 amide bonds. The molecule has 0 aromatic heterocycles. The smallest absolute Gasteiger partial charge is 0.251 e. The zero-order chi connectivity index (χ0) is 20.4. The van der Waals surface area contributed by atoms with E-state index in [-0.39, 0.29) is 30.3 Å². The highest BCUT2D eigenvalue weighted by molar-refractivity contribution is 9.10. The van der Waals surface area contributed by atoms with Crippen molar-refractivity contribution in [2.24, 2.45) is 0 Å². The molecule has 2 heterocycles. The first kappa shape index (κ1) is 19.8. The lowest BCUT2D eigenvalue weighted by Crippen LogP contribution is -2.53. The van der Waals surface area contributed by atoms with Gasteiger partial charge >= 0.3 is 0 Å². The molecule has 6 nitrogen and oxygen atoms in total. The minimum Gasteiger partial charge on any atom is -0.368 e. The molecule has 3 unspecified atom stereocenters. The average Bonchev–Trinajstić information content (AvgIpc) is 3.31. The molecule has 0 bridgehead atoms. The van der Waals surface area contributed by atoms with Crippen LogP contribution < -0.4 is 5.32 Å². The van der Waals surface area contributed by atoms with E-state index in [1.54, 1.807) is 23.1 Å². The van der Waals surface area contributed by atoms with Crippen LogP contribution in [-0.2, 0) is 20.7 Å². The van der Waals surface area contributed by atoms with Crippen LogP contribution in [0, 0.1) is 0 Å². The number of Topliss-reactive ketones (excluding diaryl/α,β-unsaturated/α-hetero) is 1. The van der Waals surface area contributed by atoms with E-state index in [0.717, 1.165) is 10.0 Å². The van der Waals surface area contributed by atoms with Crippen molar-refractivity contribution < 1.29 is 19.1 Å². The Morgan fingerprint density at radius 3 is 2.72 bits per heavy atom. The van der Waals surface area contributed by atoms with Crippen molar-refractivity contribution in [2.45, 2.75) is 31.0 Å². The summed E-state index contributed by atoms with van der Waals surface area (Å²) < 4.78 is 6.28. The lowest BCUT2D eigenvalue weighted by atomic mass is 10.0. The number of benzene rings is 2. The lowest BCUT2D eigenvalue weighted by Gasteiger charge is -2.27. The quantitative estimate of drug-likeness (QED) is 0.748. The molecule has 150 valence electrons. The lowest BCUT2D eigenvalue weighted by molar-refractivity contribution is -0.138. The molecule has 0 spiro atoms. The van der Waals surface area contributed by atoms with Gasteiger partial charge < -0.3 is 15.0 Å². The Bertz CT molecular complexity index is 933. The third-order valence-corrected chi connectivity index (χ3v) is 5.86. The van der Waals surface area contributed by atoms with Crippen LogP contribution >= 0.6 is 15.9 Å². The molecule has 3 atom stereocenters. The van der Waals surface area contributed by atoms with Gasteiger partial charge in [0.05, 0.1) is 6.10 Å². The average molecular weight is 457 g/mol. The Hall–Kier alpha value is -2.51. The van der Waals surface area contributed by atoms with Crippen LogP contribution in [-0.4, -0.2) is 53.8 Å². The number of halogens is 1. The van der Waals surface area contributed by atoms with Gasteiger partial charge in [0, 0.05) is 23.0 Å². The van der Waals surface area contributed by atoms with Gasteiger partial charge in [0.1, 0.15) is 18.7 Å². The van der Waals surface area contributed by atoms with E-state index in [9.17, 15) is 14.4 Å². The fraction of sp³-hybridized carbons (Fsp3) is 0.318. The molecule has 0 aliphatic carbocycles. The van der Waals surface area contributed by atoms with Crippen LogP contribution in [0.15, 0.2) is 59.1 Å².